The van der Waals surface area contributed by atoms with Crippen LogP contribution in [0.3, 0.4) is 0 Å². The van der Waals surface area contributed by atoms with Crippen LogP contribution in [0.4, 0.5) is 17.6 Å². The van der Waals surface area contributed by atoms with E-state index in [2.05, 4.69) is 15.0 Å². The molecule has 2 aliphatic rings. The Hall–Kier alpha value is -2.63. The summed E-state index contributed by atoms with van der Waals surface area (Å²) >= 11 is 0. The number of hydrogen-bond donors (Lipinski definition) is 1. The van der Waals surface area contributed by atoms with E-state index in [1.54, 1.807) is 24.3 Å². The summed E-state index contributed by atoms with van der Waals surface area (Å²) in [6, 6.07) is 12.5. The van der Waals surface area contributed by atoms with E-state index in [1.165, 1.54) is 18.2 Å². The highest BCUT2D eigenvalue weighted by Crippen LogP contribution is 2.51. The van der Waals surface area contributed by atoms with Crippen molar-refractivity contribution >= 4 is 0 Å². The lowest BCUT2D eigenvalue weighted by atomic mass is 10.1. The van der Waals surface area contributed by atoms with E-state index in [4.69, 9.17) is 5.26 Å². The van der Waals surface area contributed by atoms with E-state index in [9.17, 15) is 17.6 Å². The highest BCUT2D eigenvalue weighted by atomic mass is 19.4. The van der Waals surface area contributed by atoms with Crippen LogP contribution < -0.4 is 10.1 Å². The number of nitriles is 1. The number of nitrogens with one attached hydrogen (secondary N) is 1. The molecule has 158 valence electrons. The quantitative estimate of drug-likeness (QED) is 0.688. The summed E-state index contributed by atoms with van der Waals surface area (Å²) in [5, 5.41) is 12.3. The average Bonchev–Trinajstić information content (AvgIpc) is 3.13. The van der Waals surface area contributed by atoms with Gasteiger partial charge in [-0.2, -0.15) is 5.26 Å². The maximum absolute atomic E-state index is 13.4. The van der Waals surface area contributed by atoms with Crippen molar-refractivity contribution in [2.75, 3.05) is 19.6 Å². The van der Waals surface area contributed by atoms with Crippen LogP contribution in [0.2, 0.25) is 0 Å². The van der Waals surface area contributed by atoms with Gasteiger partial charge < -0.3 is 10.1 Å². The zero-order chi connectivity index (χ0) is 21.3. The molecular formula is C22H21F4N3O. The molecule has 1 N–H and O–H groups in total. The van der Waals surface area contributed by atoms with Gasteiger partial charge in [-0.15, -0.1) is 13.2 Å². The first kappa shape index (κ1) is 20.6. The molecule has 0 spiro atoms. The van der Waals surface area contributed by atoms with Crippen molar-refractivity contribution in [2.45, 2.75) is 19.5 Å². The number of piperidine rings is 1. The Morgan fingerprint density at radius 2 is 1.87 bits per heavy atom. The van der Waals surface area contributed by atoms with Crippen molar-refractivity contribution < 1.29 is 22.3 Å². The largest absolute Gasteiger partial charge is 0.573 e. The summed E-state index contributed by atoms with van der Waals surface area (Å²) in [5.74, 6) is 1.08. The van der Waals surface area contributed by atoms with Crippen molar-refractivity contribution in [3.05, 3.63) is 65.0 Å². The van der Waals surface area contributed by atoms with E-state index >= 15 is 0 Å². The molecule has 0 radical (unpaired) electrons. The maximum Gasteiger partial charge on any atom is 0.573 e. The van der Waals surface area contributed by atoms with Gasteiger partial charge in [-0.25, -0.2) is 4.39 Å². The van der Waals surface area contributed by atoms with Gasteiger partial charge in [-0.1, -0.05) is 18.2 Å². The maximum atomic E-state index is 13.4. The summed E-state index contributed by atoms with van der Waals surface area (Å²) in [7, 11) is 0. The molecule has 0 bridgehead atoms. The van der Waals surface area contributed by atoms with Gasteiger partial charge in [-0.05, 0) is 59.7 Å². The molecule has 1 heterocycles. The van der Waals surface area contributed by atoms with Crippen LogP contribution in [0.15, 0.2) is 42.5 Å². The van der Waals surface area contributed by atoms with Crippen molar-refractivity contribution in [1.82, 2.24) is 10.2 Å². The standard InChI is InChI=1S/C22H21F4N3O/c23-21-5-4-15(6-16(21)8-27)11-29-12-19-18(20(19)13-29)10-28-9-14-2-1-3-17(7-14)30-22(24,25)26/h1-7,18-20,28H,9-13H2. The normalized spacial score (nSPS) is 23.1. The molecule has 1 saturated heterocycles. The number of hydrogen-bond acceptors (Lipinski definition) is 4. The van der Waals surface area contributed by atoms with Crippen molar-refractivity contribution in [2.24, 2.45) is 17.8 Å². The summed E-state index contributed by atoms with van der Waals surface area (Å²) < 4.78 is 54.4. The lowest BCUT2D eigenvalue weighted by molar-refractivity contribution is -0.274. The molecule has 2 unspecified atom stereocenters. The second-order valence-electron chi connectivity index (χ2n) is 7.94. The van der Waals surface area contributed by atoms with Crippen LogP contribution in [0, 0.1) is 34.9 Å². The Bertz CT molecular complexity index is 944. The second kappa shape index (κ2) is 8.25. The summed E-state index contributed by atoms with van der Waals surface area (Å²) in [5.41, 5.74) is 1.75. The van der Waals surface area contributed by atoms with Gasteiger partial charge in [0.25, 0.3) is 0 Å². The Morgan fingerprint density at radius 1 is 1.10 bits per heavy atom. The third kappa shape index (κ3) is 4.91. The molecule has 8 heteroatoms. The number of rotatable bonds is 7. The summed E-state index contributed by atoms with van der Waals surface area (Å²) in [6.45, 7) is 3.94. The van der Waals surface area contributed by atoms with Crippen LogP contribution in [-0.2, 0) is 13.1 Å². The minimum absolute atomic E-state index is 0.0728. The van der Waals surface area contributed by atoms with Crippen LogP contribution in [-0.4, -0.2) is 30.9 Å². The Kier molecular flexibility index (Phi) is 5.67. The molecule has 2 aromatic carbocycles. The molecule has 30 heavy (non-hydrogen) atoms. The fourth-order valence-electron chi connectivity index (χ4n) is 4.42. The Labute approximate surface area is 172 Å². The predicted molar refractivity (Wildman–Crippen MR) is 102 cm³/mol. The summed E-state index contributed by atoms with van der Waals surface area (Å²) in [6.07, 6.45) is -4.69. The molecule has 4 rings (SSSR count). The third-order valence-electron chi connectivity index (χ3n) is 5.85. The van der Waals surface area contributed by atoms with Gasteiger partial charge in [0.2, 0.25) is 0 Å². The average molecular weight is 419 g/mol. The molecule has 1 aliphatic heterocycles. The first-order chi connectivity index (χ1) is 14.3. The number of halogens is 4. The van der Waals surface area contributed by atoms with E-state index in [-0.39, 0.29) is 11.3 Å². The third-order valence-corrected chi connectivity index (χ3v) is 5.85. The van der Waals surface area contributed by atoms with Gasteiger partial charge in [0, 0.05) is 26.2 Å². The first-order valence-electron chi connectivity index (χ1n) is 9.78. The van der Waals surface area contributed by atoms with E-state index in [1.807, 2.05) is 6.07 Å². The smallest absolute Gasteiger partial charge is 0.406 e. The van der Waals surface area contributed by atoms with Crippen LogP contribution in [0.5, 0.6) is 5.75 Å². The lowest BCUT2D eigenvalue weighted by Crippen LogP contribution is -2.27. The molecule has 1 aliphatic carbocycles. The fourth-order valence-corrected chi connectivity index (χ4v) is 4.42. The Morgan fingerprint density at radius 3 is 2.57 bits per heavy atom. The molecule has 2 fully saturated rings. The van der Waals surface area contributed by atoms with E-state index < -0.39 is 12.2 Å². The monoisotopic (exact) mass is 419 g/mol. The minimum atomic E-state index is -4.69. The minimum Gasteiger partial charge on any atom is -0.406 e. The topological polar surface area (TPSA) is 48.3 Å². The highest BCUT2D eigenvalue weighted by Gasteiger charge is 2.54. The number of nitrogens with zero attached hydrogens (tertiary/aromatic N) is 2. The molecule has 2 atom stereocenters. The number of alkyl halides is 3. The van der Waals surface area contributed by atoms with Gasteiger partial charge in [0.1, 0.15) is 17.6 Å². The number of fused-ring (bicyclic) bond motifs is 1. The van der Waals surface area contributed by atoms with Crippen LogP contribution in [0.25, 0.3) is 0 Å². The fraction of sp³-hybridized carbons (Fsp3) is 0.409. The molecule has 0 amide bonds. The molecule has 1 saturated carbocycles. The van der Waals surface area contributed by atoms with Crippen molar-refractivity contribution in [1.29, 1.82) is 5.26 Å². The molecule has 0 aromatic heterocycles. The summed E-state index contributed by atoms with van der Waals surface area (Å²) in [4.78, 5) is 2.32. The second-order valence-corrected chi connectivity index (χ2v) is 7.94. The zero-order valence-electron chi connectivity index (χ0n) is 16.1. The Balaban J connectivity index is 1.20. The van der Waals surface area contributed by atoms with E-state index in [0.29, 0.717) is 30.8 Å². The SMILES string of the molecule is N#Cc1cc(CN2CC3C(CNCc4cccc(OC(F)(F)F)c4)C3C2)ccc1F. The lowest BCUT2D eigenvalue weighted by Gasteiger charge is -2.20. The van der Waals surface area contributed by atoms with Crippen LogP contribution in [0.1, 0.15) is 16.7 Å². The van der Waals surface area contributed by atoms with Crippen molar-refractivity contribution in [3.8, 4) is 11.8 Å². The number of ether oxygens (including phenoxy) is 1. The highest BCUT2D eigenvalue weighted by molar-refractivity contribution is 5.34. The van der Waals surface area contributed by atoms with Gasteiger partial charge in [0.15, 0.2) is 0 Å². The van der Waals surface area contributed by atoms with Gasteiger partial charge >= 0.3 is 6.36 Å². The molecule has 4 nitrogen and oxygen atoms in total. The predicted octanol–water partition coefficient (Wildman–Crippen LogP) is 4.06. The van der Waals surface area contributed by atoms with Crippen LogP contribution >= 0.6 is 0 Å². The number of likely N-dealkylation sites (tertiary alicyclic amines) is 1. The molecule has 2 aromatic rings. The van der Waals surface area contributed by atoms with Crippen molar-refractivity contribution in [3.63, 3.8) is 0 Å². The zero-order valence-corrected chi connectivity index (χ0v) is 16.1. The van der Waals surface area contributed by atoms with Gasteiger partial charge in [0.05, 0.1) is 5.56 Å². The first-order valence-corrected chi connectivity index (χ1v) is 9.78. The number of benzene rings is 2. The van der Waals surface area contributed by atoms with E-state index in [0.717, 1.165) is 30.8 Å². The molecular weight excluding hydrogens is 398 g/mol. The van der Waals surface area contributed by atoms with Gasteiger partial charge in [-0.3, -0.25) is 4.90 Å².